The van der Waals surface area contributed by atoms with Gasteiger partial charge in [0.15, 0.2) is 0 Å². The van der Waals surface area contributed by atoms with Crippen molar-refractivity contribution >= 4 is 16.9 Å². The van der Waals surface area contributed by atoms with Gasteiger partial charge in [0.25, 0.3) is 5.91 Å². The van der Waals surface area contributed by atoms with Crippen LogP contribution in [-0.4, -0.2) is 44.9 Å². The monoisotopic (exact) mass is 453 g/mol. The summed E-state index contributed by atoms with van der Waals surface area (Å²) in [6.45, 7) is 3.66. The van der Waals surface area contributed by atoms with Gasteiger partial charge in [-0.05, 0) is 54.8 Å². The molecule has 7 heteroatoms. The highest BCUT2D eigenvalue weighted by molar-refractivity contribution is 5.99. The van der Waals surface area contributed by atoms with E-state index in [1.165, 1.54) is 0 Å². The predicted molar refractivity (Wildman–Crippen MR) is 130 cm³/mol. The molecule has 7 nitrogen and oxygen atoms in total. The first-order valence-corrected chi connectivity index (χ1v) is 11.9. The van der Waals surface area contributed by atoms with Gasteiger partial charge in [0.1, 0.15) is 17.9 Å². The van der Waals surface area contributed by atoms with E-state index >= 15 is 0 Å². The maximum atomic E-state index is 13.0. The minimum absolute atomic E-state index is 0.124. The smallest absolute Gasteiger partial charge is 0.254 e. The molecule has 1 N–H and O–H groups in total. The number of aromatic nitrogens is 3. The summed E-state index contributed by atoms with van der Waals surface area (Å²) in [7, 11) is 0. The average Bonchev–Trinajstić information content (AvgIpc) is 3.45. The zero-order valence-electron chi connectivity index (χ0n) is 19.0. The van der Waals surface area contributed by atoms with Crippen LogP contribution in [0.4, 0.5) is 0 Å². The summed E-state index contributed by atoms with van der Waals surface area (Å²) in [6, 6.07) is 22.4. The molecule has 0 bridgehead atoms. The van der Waals surface area contributed by atoms with E-state index in [1.807, 2.05) is 52.0 Å². The Morgan fingerprint density at radius 3 is 2.71 bits per heavy atom. The Hall–Kier alpha value is -3.71. The molecule has 4 aromatic rings. The number of para-hydroxylation sites is 1. The highest BCUT2D eigenvalue weighted by Gasteiger charge is 2.35. The van der Waals surface area contributed by atoms with Gasteiger partial charge in [-0.3, -0.25) is 4.79 Å². The number of benzene rings is 3. The Kier molecular flexibility index (Phi) is 5.47. The Balaban J connectivity index is 1.12. The molecule has 0 saturated carbocycles. The topological polar surface area (TPSA) is 72.3 Å². The van der Waals surface area contributed by atoms with E-state index in [0.29, 0.717) is 19.7 Å². The first kappa shape index (κ1) is 20.9. The van der Waals surface area contributed by atoms with Gasteiger partial charge in [-0.25, -0.2) is 4.68 Å². The van der Waals surface area contributed by atoms with E-state index in [0.717, 1.165) is 65.0 Å². The van der Waals surface area contributed by atoms with E-state index in [2.05, 4.69) is 39.9 Å². The molecule has 0 aliphatic carbocycles. The van der Waals surface area contributed by atoms with Crippen LogP contribution in [0.2, 0.25) is 0 Å². The number of amides is 1. The van der Waals surface area contributed by atoms with Crippen molar-refractivity contribution in [3.8, 4) is 5.75 Å². The number of carbonyl (C=O) groups is 1. The second-order valence-electron chi connectivity index (χ2n) is 9.06. The Labute approximate surface area is 198 Å². The second kappa shape index (κ2) is 8.91. The number of hydrogen-bond donors (Lipinski definition) is 1. The zero-order valence-corrected chi connectivity index (χ0v) is 19.0. The highest BCUT2D eigenvalue weighted by Crippen LogP contribution is 2.33. The van der Waals surface area contributed by atoms with Gasteiger partial charge in [-0.2, -0.15) is 0 Å². The summed E-state index contributed by atoms with van der Waals surface area (Å²) in [5, 5.41) is 11.9. The minimum atomic E-state index is 0.124. The summed E-state index contributed by atoms with van der Waals surface area (Å²) in [6.07, 6.45) is 2.16. The summed E-state index contributed by atoms with van der Waals surface area (Å²) >= 11 is 0. The maximum absolute atomic E-state index is 13.0. The number of nitrogens with one attached hydrogen (secondary N) is 1. The molecule has 3 aromatic carbocycles. The van der Waals surface area contributed by atoms with Crippen LogP contribution in [0.15, 0.2) is 66.7 Å². The Morgan fingerprint density at radius 1 is 1.00 bits per heavy atom. The van der Waals surface area contributed by atoms with Gasteiger partial charge in [-0.1, -0.05) is 47.7 Å². The SMILES string of the molecule is O=C1c2cccc(OCc3ccc(Cn4nnc5ccccc54)cc3)c2CN1C1CCCNC1. The van der Waals surface area contributed by atoms with Crippen LogP contribution in [0.1, 0.15) is 39.9 Å². The first-order chi connectivity index (χ1) is 16.8. The van der Waals surface area contributed by atoms with Crippen molar-refractivity contribution < 1.29 is 9.53 Å². The number of piperidine rings is 1. The molecule has 0 spiro atoms. The van der Waals surface area contributed by atoms with Crippen LogP contribution in [0, 0.1) is 0 Å². The number of rotatable bonds is 6. The lowest BCUT2D eigenvalue weighted by atomic mass is 10.1. The quantitative estimate of drug-likeness (QED) is 0.481. The van der Waals surface area contributed by atoms with Crippen molar-refractivity contribution in [1.82, 2.24) is 25.2 Å². The molecule has 6 rings (SSSR count). The third kappa shape index (κ3) is 3.92. The van der Waals surface area contributed by atoms with E-state index < -0.39 is 0 Å². The molecule has 2 aliphatic heterocycles. The number of fused-ring (bicyclic) bond motifs is 2. The van der Waals surface area contributed by atoms with Crippen molar-refractivity contribution in [2.75, 3.05) is 13.1 Å². The van der Waals surface area contributed by atoms with Crippen molar-refractivity contribution in [3.63, 3.8) is 0 Å². The molecule has 1 saturated heterocycles. The summed E-state index contributed by atoms with van der Waals surface area (Å²) in [5.41, 5.74) is 5.95. The molecule has 1 aromatic heterocycles. The van der Waals surface area contributed by atoms with Crippen LogP contribution in [-0.2, 0) is 19.7 Å². The molecular formula is C27H27N5O2. The molecule has 172 valence electrons. The fraction of sp³-hybridized carbons (Fsp3) is 0.296. The van der Waals surface area contributed by atoms with Gasteiger partial charge in [0.2, 0.25) is 0 Å². The molecule has 1 fully saturated rings. The lowest BCUT2D eigenvalue weighted by Gasteiger charge is -2.31. The third-order valence-corrected chi connectivity index (χ3v) is 6.83. The van der Waals surface area contributed by atoms with Gasteiger partial charge in [0, 0.05) is 23.7 Å². The zero-order chi connectivity index (χ0) is 22.9. The van der Waals surface area contributed by atoms with Crippen molar-refractivity contribution in [3.05, 3.63) is 89.0 Å². The Bertz CT molecular complexity index is 1320. The van der Waals surface area contributed by atoms with Gasteiger partial charge >= 0.3 is 0 Å². The number of carbonyl (C=O) groups excluding carboxylic acids is 1. The van der Waals surface area contributed by atoms with Crippen molar-refractivity contribution in [2.24, 2.45) is 0 Å². The molecule has 3 heterocycles. The fourth-order valence-corrected chi connectivity index (χ4v) is 4.96. The van der Waals surface area contributed by atoms with Crippen LogP contribution in [0.25, 0.3) is 11.0 Å². The molecule has 2 aliphatic rings. The predicted octanol–water partition coefficient (Wildman–Crippen LogP) is 3.77. The van der Waals surface area contributed by atoms with E-state index in [1.54, 1.807) is 0 Å². The van der Waals surface area contributed by atoms with Crippen molar-refractivity contribution in [1.29, 1.82) is 0 Å². The first-order valence-electron chi connectivity index (χ1n) is 11.9. The van der Waals surface area contributed by atoms with Crippen molar-refractivity contribution in [2.45, 2.75) is 38.6 Å². The van der Waals surface area contributed by atoms with Gasteiger partial charge in [0.05, 0.1) is 18.6 Å². The molecule has 34 heavy (non-hydrogen) atoms. The standard InChI is InChI=1S/C27H27N5O2/c33-27-22-6-3-9-26(23(22)17-31(27)21-5-4-14-28-15-21)34-18-20-12-10-19(11-13-20)16-32-25-8-2-1-7-24(25)29-30-32/h1-3,6-13,21,28H,4-5,14-18H2. The minimum Gasteiger partial charge on any atom is -0.489 e. The molecule has 1 amide bonds. The normalized spacial score (nSPS) is 17.8. The summed E-state index contributed by atoms with van der Waals surface area (Å²) < 4.78 is 8.12. The van der Waals surface area contributed by atoms with Crippen LogP contribution >= 0.6 is 0 Å². The van der Waals surface area contributed by atoms with Crippen LogP contribution < -0.4 is 10.1 Å². The van der Waals surface area contributed by atoms with Crippen LogP contribution in [0.5, 0.6) is 5.75 Å². The average molecular weight is 454 g/mol. The molecule has 1 atom stereocenters. The van der Waals surface area contributed by atoms with Gasteiger partial charge < -0.3 is 15.0 Å². The lowest BCUT2D eigenvalue weighted by Crippen LogP contribution is -2.46. The van der Waals surface area contributed by atoms with E-state index in [4.69, 9.17) is 4.74 Å². The number of hydrogen-bond acceptors (Lipinski definition) is 5. The lowest BCUT2D eigenvalue weighted by molar-refractivity contribution is 0.0674. The largest absolute Gasteiger partial charge is 0.489 e. The van der Waals surface area contributed by atoms with E-state index in [-0.39, 0.29) is 11.9 Å². The highest BCUT2D eigenvalue weighted by atomic mass is 16.5. The number of ether oxygens (including phenoxy) is 1. The number of nitrogens with zero attached hydrogens (tertiary/aromatic N) is 4. The summed E-state index contributed by atoms with van der Waals surface area (Å²) in [4.78, 5) is 15.0. The fourth-order valence-electron chi connectivity index (χ4n) is 4.96. The molecular weight excluding hydrogens is 426 g/mol. The van der Waals surface area contributed by atoms with Gasteiger partial charge in [-0.15, -0.1) is 5.10 Å². The maximum Gasteiger partial charge on any atom is 0.254 e. The van der Waals surface area contributed by atoms with E-state index in [9.17, 15) is 4.79 Å². The Morgan fingerprint density at radius 2 is 1.85 bits per heavy atom. The van der Waals surface area contributed by atoms with Crippen LogP contribution in [0.3, 0.4) is 0 Å². The second-order valence-corrected chi connectivity index (χ2v) is 9.06. The molecule has 0 radical (unpaired) electrons. The summed E-state index contributed by atoms with van der Waals surface area (Å²) in [5.74, 6) is 0.925. The third-order valence-electron chi connectivity index (χ3n) is 6.83. The molecule has 1 unspecified atom stereocenters.